The lowest BCUT2D eigenvalue weighted by atomic mass is 10.0. The molecule has 2 radical (unpaired) electrons. The molecule has 1 unspecified atom stereocenters. The molecule has 0 saturated carbocycles. The Labute approximate surface area is 134 Å². The van der Waals surface area contributed by atoms with E-state index in [1.54, 1.807) is 36.0 Å². The molecule has 0 aliphatic heterocycles. The van der Waals surface area contributed by atoms with Gasteiger partial charge in [-0.3, -0.25) is 4.79 Å². The maximum absolute atomic E-state index is 10.8. The summed E-state index contributed by atoms with van der Waals surface area (Å²) in [6.45, 7) is 2.05. The van der Waals surface area contributed by atoms with E-state index in [1.165, 1.54) is 10.5 Å². The number of carbonyl (C=O) groups excluding carboxylic acids is 1. The van der Waals surface area contributed by atoms with Crippen LogP contribution in [0.25, 0.3) is 0 Å². The fourth-order valence-electron chi connectivity index (χ4n) is 2.02. The molecule has 112 valence electrons. The Morgan fingerprint density at radius 3 is 2.41 bits per heavy atom. The minimum absolute atomic E-state index is 0.679. The number of hydrogen-bond acceptors (Lipinski definition) is 5. The maximum Gasteiger partial charge on any atom is 0.213 e. The molecule has 2 aromatic carbocycles. The predicted octanol–water partition coefficient (Wildman–Crippen LogP) is 3.52. The van der Waals surface area contributed by atoms with Crippen molar-refractivity contribution in [3.63, 3.8) is 0 Å². The van der Waals surface area contributed by atoms with Gasteiger partial charge in [-0.2, -0.15) is 5.10 Å². The van der Waals surface area contributed by atoms with E-state index in [1.807, 2.05) is 37.7 Å². The Bertz CT molecular complexity index is 669. The second-order valence-electron chi connectivity index (χ2n) is 4.61. The van der Waals surface area contributed by atoms with Gasteiger partial charge in [-0.25, -0.2) is 0 Å². The highest BCUT2D eigenvalue weighted by molar-refractivity contribution is 7.98. The topological polar surface area (TPSA) is 64.7 Å². The number of rotatable bonds is 6. The number of nitrogens with two attached hydrogens (primary N) is 1. The Balaban J connectivity index is 2.14. The molecule has 0 aromatic heterocycles. The van der Waals surface area contributed by atoms with Crippen molar-refractivity contribution in [2.24, 2.45) is 10.9 Å². The Hall–Kier alpha value is -2.27. The molecule has 0 heterocycles. The van der Waals surface area contributed by atoms with Crippen LogP contribution in [-0.2, 0) is 4.79 Å². The number of hydrogen-bond donors (Lipinski definition) is 1. The molecular formula is C17H16N2O2S. The monoisotopic (exact) mass is 312 g/mol. The van der Waals surface area contributed by atoms with Crippen molar-refractivity contribution in [2.45, 2.75) is 17.7 Å². The van der Waals surface area contributed by atoms with Gasteiger partial charge in [0.25, 0.3) is 0 Å². The second kappa shape index (κ2) is 7.66. The SMILES string of the molecule is CSc1ccc(Oc2ccc(C([C]=O)/[C]=N\N)cc2)cc1C. The Morgan fingerprint density at radius 1 is 1.18 bits per heavy atom. The number of benzene rings is 2. The van der Waals surface area contributed by atoms with E-state index >= 15 is 0 Å². The standard InChI is InChI=1S/C17H16N2O2S/c1-12-9-16(7-8-17(12)22-2)21-15-5-3-13(4-6-15)14(11-20)10-19-18/h3-9,14H,18H2,1-2H3. The second-order valence-corrected chi connectivity index (χ2v) is 5.46. The first-order valence-electron chi connectivity index (χ1n) is 6.63. The Morgan fingerprint density at radius 2 is 1.86 bits per heavy atom. The third-order valence-electron chi connectivity index (χ3n) is 3.14. The average molecular weight is 312 g/mol. The zero-order valence-corrected chi connectivity index (χ0v) is 13.2. The zero-order valence-electron chi connectivity index (χ0n) is 12.4. The third kappa shape index (κ3) is 3.89. The van der Waals surface area contributed by atoms with Gasteiger partial charge in [0.2, 0.25) is 6.29 Å². The van der Waals surface area contributed by atoms with Gasteiger partial charge >= 0.3 is 0 Å². The van der Waals surface area contributed by atoms with E-state index < -0.39 is 5.92 Å². The molecule has 0 saturated heterocycles. The molecule has 22 heavy (non-hydrogen) atoms. The van der Waals surface area contributed by atoms with Crippen LogP contribution in [0.5, 0.6) is 11.5 Å². The van der Waals surface area contributed by atoms with Crippen LogP contribution in [-0.4, -0.2) is 18.8 Å². The van der Waals surface area contributed by atoms with E-state index in [4.69, 9.17) is 10.6 Å². The molecule has 2 rings (SSSR count). The summed E-state index contributed by atoms with van der Waals surface area (Å²) in [5, 5.41) is 3.25. The van der Waals surface area contributed by atoms with Crippen LogP contribution >= 0.6 is 11.8 Å². The molecule has 0 fully saturated rings. The number of hydrazone groups is 1. The van der Waals surface area contributed by atoms with Gasteiger partial charge in [0.05, 0.1) is 12.1 Å². The number of nitrogens with zero attached hydrogens (tertiary/aromatic N) is 1. The minimum atomic E-state index is -0.679. The highest BCUT2D eigenvalue weighted by Crippen LogP contribution is 2.28. The van der Waals surface area contributed by atoms with Crippen LogP contribution in [0.4, 0.5) is 0 Å². The summed E-state index contributed by atoms with van der Waals surface area (Å²) in [7, 11) is 0. The predicted molar refractivity (Wildman–Crippen MR) is 89.5 cm³/mol. The van der Waals surface area contributed by atoms with Crippen molar-refractivity contribution >= 4 is 24.3 Å². The van der Waals surface area contributed by atoms with E-state index in [2.05, 4.69) is 11.3 Å². The molecule has 1 atom stereocenters. The summed E-state index contributed by atoms with van der Waals surface area (Å²) < 4.78 is 5.81. The number of thioether (sulfide) groups is 1. The van der Waals surface area contributed by atoms with Crippen LogP contribution in [0.1, 0.15) is 17.0 Å². The van der Waals surface area contributed by atoms with Gasteiger partial charge in [0.1, 0.15) is 11.5 Å². The summed E-state index contributed by atoms with van der Waals surface area (Å²) in [4.78, 5) is 12.1. The maximum atomic E-state index is 10.8. The van der Waals surface area contributed by atoms with Gasteiger partial charge in [-0.15, -0.1) is 11.8 Å². The van der Waals surface area contributed by atoms with E-state index in [-0.39, 0.29) is 0 Å². The largest absolute Gasteiger partial charge is 0.457 e. The smallest absolute Gasteiger partial charge is 0.213 e. The molecule has 0 amide bonds. The first-order valence-corrected chi connectivity index (χ1v) is 7.86. The van der Waals surface area contributed by atoms with E-state index in [0.29, 0.717) is 11.3 Å². The first-order chi connectivity index (χ1) is 10.7. The molecule has 4 nitrogen and oxygen atoms in total. The molecule has 0 aliphatic rings. The fraction of sp³-hybridized carbons (Fsp3) is 0.176. The quantitative estimate of drug-likeness (QED) is 0.383. The van der Waals surface area contributed by atoms with Crippen molar-refractivity contribution in [3.05, 3.63) is 53.6 Å². The summed E-state index contributed by atoms with van der Waals surface area (Å²) in [5.74, 6) is 5.81. The highest BCUT2D eigenvalue weighted by Gasteiger charge is 2.10. The molecule has 2 aromatic rings. The van der Waals surface area contributed by atoms with Crippen molar-refractivity contribution in [1.82, 2.24) is 0 Å². The highest BCUT2D eigenvalue weighted by atomic mass is 32.2. The van der Waals surface area contributed by atoms with Crippen molar-refractivity contribution in [3.8, 4) is 11.5 Å². The van der Waals surface area contributed by atoms with Crippen LogP contribution in [0.3, 0.4) is 0 Å². The van der Waals surface area contributed by atoms with Crippen molar-refractivity contribution in [1.29, 1.82) is 0 Å². The Kier molecular flexibility index (Phi) is 5.61. The zero-order chi connectivity index (χ0) is 15.9. The molecule has 5 heteroatoms. The lowest BCUT2D eigenvalue weighted by Crippen LogP contribution is -2.03. The summed E-state index contributed by atoms with van der Waals surface area (Å²) >= 11 is 1.70. The van der Waals surface area contributed by atoms with Gasteiger partial charge in [0, 0.05) is 4.90 Å². The van der Waals surface area contributed by atoms with Gasteiger partial charge < -0.3 is 10.6 Å². The van der Waals surface area contributed by atoms with Crippen LogP contribution in [0.15, 0.2) is 52.5 Å². The third-order valence-corrected chi connectivity index (χ3v) is 4.03. The number of aryl methyl sites for hydroxylation is 1. The minimum Gasteiger partial charge on any atom is -0.457 e. The lowest BCUT2D eigenvalue weighted by Gasteiger charge is -2.10. The summed E-state index contributed by atoms with van der Waals surface area (Å²) in [6.07, 6.45) is 6.35. The van der Waals surface area contributed by atoms with E-state index in [0.717, 1.165) is 5.75 Å². The van der Waals surface area contributed by atoms with E-state index in [9.17, 15) is 4.79 Å². The van der Waals surface area contributed by atoms with Crippen LogP contribution in [0.2, 0.25) is 0 Å². The van der Waals surface area contributed by atoms with Crippen LogP contribution in [0, 0.1) is 6.92 Å². The fourth-order valence-corrected chi connectivity index (χ4v) is 2.61. The molecule has 0 spiro atoms. The first kappa shape index (κ1) is 16.1. The summed E-state index contributed by atoms with van der Waals surface area (Å²) in [5.41, 5.74) is 1.89. The van der Waals surface area contributed by atoms with Crippen LogP contribution < -0.4 is 10.6 Å². The normalized spacial score (nSPS) is 12.3. The summed E-state index contributed by atoms with van der Waals surface area (Å²) in [6, 6.07) is 13.1. The molecular weight excluding hydrogens is 296 g/mol. The van der Waals surface area contributed by atoms with Gasteiger partial charge in [0.15, 0.2) is 0 Å². The lowest BCUT2D eigenvalue weighted by molar-refractivity contribution is 0.481. The molecule has 2 N–H and O–H groups in total. The van der Waals surface area contributed by atoms with Gasteiger partial charge in [-0.05, 0) is 54.6 Å². The molecule has 0 bridgehead atoms. The van der Waals surface area contributed by atoms with Crippen molar-refractivity contribution in [2.75, 3.05) is 6.26 Å². The molecule has 0 aliphatic carbocycles. The average Bonchev–Trinajstić information content (AvgIpc) is 2.54. The number of ether oxygens (including phenoxy) is 1. The van der Waals surface area contributed by atoms with Gasteiger partial charge in [-0.1, -0.05) is 12.1 Å². The van der Waals surface area contributed by atoms with Crippen molar-refractivity contribution < 1.29 is 9.53 Å².